The van der Waals surface area contributed by atoms with Gasteiger partial charge in [-0.1, -0.05) is 134 Å². The summed E-state index contributed by atoms with van der Waals surface area (Å²) < 4.78 is 32.6. The first-order valence-electron chi connectivity index (χ1n) is 21.0. The van der Waals surface area contributed by atoms with Gasteiger partial charge in [0, 0.05) is 12.8 Å². The third-order valence-corrected chi connectivity index (χ3v) is 9.81. The molecule has 314 valence electrons. The molecular weight excluding hydrogens is 709 g/mol. The van der Waals surface area contributed by atoms with Gasteiger partial charge in [0.2, 0.25) is 0 Å². The molecule has 1 unspecified atom stereocenters. The molecule has 0 heterocycles. The van der Waals surface area contributed by atoms with Crippen LogP contribution in [0.1, 0.15) is 181 Å². The molecule has 0 saturated carbocycles. The van der Waals surface area contributed by atoms with E-state index in [0.29, 0.717) is 12.8 Å². The van der Waals surface area contributed by atoms with Gasteiger partial charge in [-0.2, -0.15) is 0 Å². The highest BCUT2D eigenvalue weighted by atomic mass is 31.2. The third-order valence-electron chi connectivity index (χ3n) is 8.86. The smallest absolute Gasteiger partial charge is 0.472 e. The van der Waals surface area contributed by atoms with Gasteiger partial charge >= 0.3 is 25.7 Å². The Morgan fingerprint density at radius 2 is 0.981 bits per heavy atom. The standard InChI is InChI=1S/C42H76NO10P/c1-3-5-7-9-11-13-15-17-19-21-23-25-27-29-31-33-40(44)50-35-38(36-51-54(48,49)52-37-39(43)42(46)47)53-41(45)34-32-30-28-26-24-22-20-18-16-14-12-10-8-6-4-2/h11,13,17,19,24,26,38-39H,3-10,12,14-16,18,20-23,25,27-37,43H2,1-2H3,(H,46,47)(H,48,49)/b13-11+,19-17+,26-24+/t38-,39+/m1/s1. The number of carboxylic acid groups (broad SMARTS) is 1. The summed E-state index contributed by atoms with van der Waals surface area (Å²) in [5, 5.41) is 8.87. The van der Waals surface area contributed by atoms with E-state index in [1.54, 1.807) is 0 Å². The van der Waals surface area contributed by atoms with Gasteiger partial charge in [0.1, 0.15) is 12.6 Å². The number of phosphoric acid groups is 1. The number of rotatable bonds is 39. The maximum atomic E-state index is 12.6. The van der Waals surface area contributed by atoms with Crippen molar-refractivity contribution in [3.63, 3.8) is 0 Å². The fraction of sp³-hybridized carbons (Fsp3) is 0.786. The van der Waals surface area contributed by atoms with Crippen LogP contribution in [-0.2, 0) is 37.5 Å². The first-order valence-corrected chi connectivity index (χ1v) is 22.5. The summed E-state index contributed by atoms with van der Waals surface area (Å²) >= 11 is 0. The average Bonchev–Trinajstić information content (AvgIpc) is 3.14. The van der Waals surface area contributed by atoms with E-state index in [-0.39, 0.29) is 19.4 Å². The number of carbonyl (C=O) groups is 3. The number of phosphoric ester groups is 1. The van der Waals surface area contributed by atoms with Crippen molar-refractivity contribution in [3.8, 4) is 0 Å². The lowest BCUT2D eigenvalue weighted by Gasteiger charge is -2.20. The first kappa shape index (κ1) is 51.7. The van der Waals surface area contributed by atoms with Crippen LogP contribution in [-0.4, -0.2) is 59.9 Å². The van der Waals surface area contributed by atoms with Crippen LogP contribution in [0.25, 0.3) is 0 Å². The highest BCUT2D eigenvalue weighted by molar-refractivity contribution is 7.47. The molecule has 0 aromatic rings. The topological polar surface area (TPSA) is 172 Å². The molecule has 3 atom stereocenters. The van der Waals surface area contributed by atoms with Crippen molar-refractivity contribution in [1.82, 2.24) is 0 Å². The lowest BCUT2D eigenvalue weighted by Crippen LogP contribution is -2.34. The predicted molar refractivity (Wildman–Crippen MR) is 217 cm³/mol. The Hall–Kier alpha value is -2.30. The van der Waals surface area contributed by atoms with Crippen molar-refractivity contribution in [2.75, 3.05) is 19.8 Å². The normalized spacial score (nSPS) is 14.1. The Balaban J connectivity index is 4.44. The van der Waals surface area contributed by atoms with Gasteiger partial charge in [0.05, 0.1) is 13.2 Å². The SMILES string of the molecule is CCCCC/C=C/C/C=C/CCCCCCCC(=O)OC[C@H](COP(=O)(O)OC[C@H](N)C(=O)O)OC(=O)CCCC/C=C/CCCCCCCCCCC. The Kier molecular flexibility index (Phi) is 36.0. The third kappa shape index (κ3) is 36.7. The Morgan fingerprint density at radius 1 is 0.574 bits per heavy atom. The molecule has 0 aromatic carbocycles. The number of esters is 2. The zero-order chi connectivity index (χ0) is 40.0. The van der Waals surface area contributed by atoms with E-state index in [1.165, 1.54) is 77.0 Å². The van der Waals surface area contributed by atoms with E-state index in [0.717, 1.165) is 64.2 Å². The van der Waals surface area contributed by atoms with Crippen LogP contribution in [0.2, 0.25) is 0 Å². The van der Waals surface area contributed by atoms with E-state index in [1.807, 2.05) is 0 Å². The lowest BCUT2D eigenvalue weighted by atomic mass is 10.1. The van der Waals surface area contributed by atoms with E-state index in [2.05, 4.69) is 54.8 Å². The number of hydrogen-bond donors (Lipinski definition) is 3. The molecule has 4 N–H and O–H groups in total. The molecule has 11 nitrogen and oxygen atoms in total. The Labute approximate surface area is 327 Å². The molecule has 0 fully saturated rings. The van der Waals surface area contributed by atoms with Crippen LogP contribution in [0.5, 0.6) is 0 Å². The largest absolute Gasteiger partial charge is 0.480 e. The molecule has 0 aliphatic carbocycles. The van der Waals surface area contributed by atoms with Crippen molar-refractivity contribution >= 4 is 25.7 Å². The molecule has 0 radical (unpaired) electrons. The fourth-order valence-electron chi connectivity index (χ4n) is 5.50. The minimum Gasteiger partial charge on any atom is -0.480 e. The maximum Gasteiger partial charge on any atom is 0.472 e. The average molecular weight is 786 g/mol. The summed E-state index contributed by atoms with van der Waals surface area (Å²) in [6.45, 7) is 2.73. The summed E-state index contributed by atoms with van der Waals surface area (Å²) in [6, 6.07) is -1.53. The summed E-state index contributed by atoms with van der Waals surface area (Å²) in [5.41, 5.74) is 5.32. The van der Waals surface area contributed by atoms with Crippen LogP contribution < -0.4 is 5.73 Å². The zero-order valence-corrected chi connectivity index (χ0v) is 34.7. The molecule has 0 amide bonds. The van der Waals surface area contributed by atoms with Gasteiger partial charge in [-0.15, -0.1) is 0 Å². The maximum absolute atomic E-state index is 12.6. The van der Waals surface area contributed by atoms with E-state index in [4.69, 9.17) is 24.8 Å². The number of aliphatic carboxylic acids is 1. The molecule has 0 spiro atoms. The molecule has 0 rings (SSSR count). The van der Waals surface area contributed by atoms with Crippen molar-refractivity contribution in [3.05, 3.63) is 36.5 Å². The second kappa shape index (κ2) is 37.6. The number of allylic oxidation sites excluding steroid dienone is 6. The summed E-state index contributed by atoms with van der Waals surface area (Å²) in [5.74, 6) is -2.42. The van der Waals surface area contributed by atoms with Crippen LogP contribution in [0.15, 0.2) is 36.5 Å². The van der Waals surface area contributed by atoms with Crippen molar-refractivity contribution < 1.29 is 47.5 Å². The van der Waals surface area contributed by atoms with Gasteiger partial charge < -0.3 is 25.2 Å². The van der Waals surface area contributed by atoms with Crippen LogP contribution in [0.3, 0.4) is 0 Å². The highest BCUT2D eigenvalue weighted by Gasteiger charge is 2.28. The van der Waals surface area contributed by atoms with E-state index in [9.17, 15) is 23.8 Å². The number of nitrogens with two attached hydrogens (primary N) is 1. The van der Waals surface area contributed by atoms with Crippen molar-refractivity contribution in [1.29, 1.82) is 0 Å². The van der Waals surface area contributed by atoms with Gasteiger partial charge in [-0.05, 0) is 70.6 Å². The lowest BCUT2D eigenvalue weighted by molar-refractivity contribution is -0.161. The van der Waals surface area contributed by atoms with Gasteiger partial charge in [-0.25, -0.2) is 4.57 Å². The number of carbonyl (C=O) groups excluding carboxylic acids is 2. The van der Waals surface area contributed by atoms with Crippen molar-refractivity contribution in [2.24, 2.45) is 5.73 Å². The second-order valence-electron chi connectivity index (χ2n) is 14.1. The van der Waals surface area contributed by atoms with Gasteiger partial charge in [0.25, 0.3) is 0 Å². The van der Waals surface area contributed by atoms with Crippen LogP contribution in [0.4, 0.5) is 0 Å². The van der Waals surface area contributed by atoms with Crippen molar-refractivity contribution in [2.45, 2.75) is 193 Å². The molecule has 0 aliphatic rings. The van der Waals surface area contributed by atoms with E-state index < -0.39 is 51.1 Å². The summed E-state index contributed by atoms with van der Waals surface area (Å²) in [4.78, 5) is 45.9. The minimum absolute atomic E-state index is 0.128. The van der Waals surface area contributed by atoms with Crippen LogP contribution in [0, 0.1) is 0 Å². The summed E-state index contributed by atoms with van der Waals surface area (Å²) in [6.07, 6.45) is 39.2. The monoisotopic (exact) mass is 786 g/mol. The summed E-state index contributed by atoms with van der Waals surface area (Å²) in [7, 11) is -4.72. The zero-order valence-electron chi connectivity index (χ0n) is 33.8. The minimum atomic E-state index is -4.72. The predicted octanol–water partition coefficient (Wildman–Crippen LogP) is 10.8. The molecule has 12 heteroatoms. The molecular formula is C42H76NO10P. The number of hydrogen-bond acceptors (Lipinski definition) is 9. The highest BCUT2D eigenvalue weighted by Crippen LogP contribution is 2.43. The molecule has 0 bridgehead atoms. The van der Waals surface area contributed by atoms with Crippen LogP contribution >= 0.6 is 7.82 Å². The molecule has 0 saturated heterocycles. The quantitative estimate of drug-likeness (QED) is 0.0234. The first-order chi connectivity index (χ1) is 26.1. The molecule has 0 aliphatic heterocycles. The Morgan fingerprint density at radius 3 is 1.54 bits per heavy atom. The van der Waals surface area contributed by atoms with E-state index >= 15 is 0 Å². The van der Waals surface area contributed by atoms with Gasteiger partial charge in [-0.3, -0.25) is 23.4 Å². The fourth-order valence-corrected chi connectivity index (χ4v) is 6.28. The number of carboxylic acids is 1. The number of unbranched alkanes of at least 4 members (excludes halogenated alkanes) is 19. The molecule has 0 aromatic heterocycles. The Bertz CT molecular complexity index is 1060. The second-order valence-corrected chi connectivity index (χ2v) is 15.6. The van der Waals surface area contributed by atoms with Gasteiger partial charge in [0.15, 0.2) is 6.10 Å². The number of ether oxygens (including phenoxy) is 2. The molecule has 54 heavy (non-hydrogen) atoms.